The topological polar surface area (TPSA) is 78.0 Å². The van der Waals surface area contributed by atoms with Crippen LogP contribution >= 0.6 is 11.6 Å². The first-order chi connectivity index (χ1) is 18.7. The lowest BCUT2D eigenvalue weighted by Gasteiger charge is -2.35. The maximum absolute atomic E-state index is 14.6. The molecule has 3 saturated heterocycles. The quantitative estimate of drug-likeness (QED) is 0.337. The molecular weight excluding hydrogens is 521 g/mol. The number of halogens is 2. The maximum Gasteiger partial charge on any atom is 0.332 e. The third kappa shape index (κ3) is 3.54. The zero-order chi connectivity index (χ0) is 27.6. The van der Waals surface area contributed by atoms with Crippen LogP contribution in [-0.2, 0) is 20.8 Å². The van der Waals surface area contributed by atoms with Gasteiger partial charge in [-0.25, -0.2) is 14.1 Å². The minimum absolute atomic E-state index is 0.0132. The normalized spacial score (nSPS) is 26.1. The van der Waals surface area contributed by atoms with Gasteiger partial charge in [-0.15, -0.1) is 0 Å². The van der Waals surface area contributed by atoms with Gasteiger partial charge in [0.2, 0.25) is 11.8 Å². The Hall–Kier alpha value is -4.04. The molecule has 3 aliphatic rings. The predicted molar refractivity (Wildman–Crippen MR) is 142 cm³/mol. The summed E-state index contributed by atoms with van der Waals surface area (Å²) < 4.78 is 14.3. The van der Waals surface area contributed by atoms with Crippen LogP contribution in [0.5, 0.6) is 0 Å². The Balaban J connectivity index is 1.61. The highest BCUT2D eigenvalue weighted by Crippen LogP contribution is 2.59. The van der Waals surface area contributed by atoms with E-state index in [-0.39, 0.29) is 18.7 Å². The van der Waals surface area contributed by atoms with Gasteiger partial charge in [-0.2, -0.15) is 0 Å². The van der Waals surface area contributed by atoms with Crippen molar-refractivity contribution in [3.05, 3.63) is 100 Å². The molecule has 0 aliphatic carbocycles. The fourth-order valence-electron chi connectivity index (χ4n) is 6.50. The van der Waals surface area contributed by atoms with Gasteiger partial charge in [0.25, 0.3) is 5.91 Å². The van der Waals surface area contributed by atoms with E-state index >= 15 is 0 Å². The number of anilines is 1. The van der Waals surface area contributed by atoms with Crippen LogP contribution in [-0.4, -0.2) is 45.6 Å². The number of fused-ring (bicyclic) bond motifs is 3. The number of urea groups is 1. The van der Waals surface area contributed by atoms with Crippen LogP contribution in [0.15, 0.2) is 72.8 Å². The third-order valence-electron chi connectivity index (χ3n) is 8.16. The van der Waals surface area contributed by atoms with E-state index in [9.17, 15) is 23.6 Å². The van der Waals surface area contributed by atoms with Gasteiger partial charge in [-0.3, -0.25) is 19.3 Å². The number of amides is 5. The lowest BCUT2D eigenvalue weighted by molar-refractivity contribution is -0.144. The molecule has 4 atom stereocenters. The molecule has 7 nitrogen and oxygen atoms in total. The molecule has 0 saturated carbocycles. The zero-order valence-corrected chi connectivity index (χ0v) is 22.1. The van der Waals surface area contributed by atoms with E-state index in [1.54, 1.807) is 31.2 Å². The predicted octanol–water partition coefficient (Wildman–Crippen LogP) is 4.91. The fourth-order valence-corrected chi connectivity index (χ4v) is 6.63. The number of carbonyl (C=O) groups excluding carboxylic acids is 4. The molecular formula is C30H25ClFN3O4. The van der Waals surface area contributed by atoms with Crippen LogP contribution < -0.4 is 4.90 Å². The molecule has 6 rings (SSSR count). The van der Waals surface area contributed by atoms with Gasteiger partial charge in [0.15, 0.2) is 0 Å². The van der Waals surface area contributed by atoms with Crippen LogP contribution in [0.25, 0.3) is 0 Å². The summed E-state index contributed by atoms with van der Waals surface area (Å²) >= 11 is 6.11. The first kappa shape index (κ1) is 25.2. The van der Waals surface area contributed by atoms with Crippen molar-refractivity contribution < 1.29 is 23.6 Å². The first-order valence-corrected chi connectivity index (χ1v) is 13.2. The summed E-state index contributed by atoms with van der Waals surface area (Å²) in [5.41, 5.74) is 0.668. The third-order valence-corrected chi connectivity index (χ3v) is 8.42. The second-order valence-electron chi connectivity index (χ2n) is 10.3. The van der Waals surface area contributed by atoms with Crippen molar-refractivity contribution in [3.63, 3.8) is 0 Å². The molecule has 198 valence electrons. The van der Waals surface area contributed by atoms with Gasteiger partial charge in [0.1, 0.15) is 11.4 Å². The fraction of sp³-hybridized carbons (Fsp3) is 0.267. The summed E-state index contributed by atoms with van der Waals surface area (Å²) in [6.45, 7) is 3.78. The van der Waals surface area contributed by atoms with Gasteiger partial charge < -0.3 is 4.90 Å². The summed E-state index contributed by atoms with van der Waals surface area (Å²) in [6, 6.07) is 17.9. The Bertz CT molecular complexity index is 1530. The molecule has 3 fully saturated rings. The number of hydrogen-bond acceptors (Lipinski definition) is 4. The molecule has 0 N–H and O–H groups in total. The minimum Gasteiger partial charge on any atom is -0.300 e. The van der Waals surface area contributed by atoms with Crippen molar-refractivity contribution >= 4 is 41.0 Å². The van der Waals surface area contributed by atoms with Crippen LogP contribution in [0.3, 0.4) is 0 Å². The highest BCUT2D eigenvalue weighted by Gasteiger charge is 2.77. The molecule has 5 amide bonds. The number of imide groups is 2. The summed E-state index contributed by atoms with van der Waals surface area (Å²) in [5, 5.41) is 0.495. The van der Waals surface area contributed by atoms with E-state index in [1.165, 1.54) is 28.0 Å². The second kappa shape index (κ2) is 9.02. The Morgan fingerprint density at radius 3 is 2.26 bits per heavy atom. The van der Waals surface area contributed by atoms with Crippen LogP contribution in [0.1, 0.15) is 29.7 Å². The summed E-state index contributed by atoms with van der Waals surface area (Å²) in [7, 11) is 0. The van der Waals surface area contributed by atoms with Crippen LogP contribution in [0.2, 0.25) is 5.02 Å². The van der Waals surface area contributed by atoms with Crippen molar-refractivity contribution in [3.8, 4) is 0 Å². The standard InChI is InChI=1S/C30H25ClFN3O4/c1-3-33-26(36)23-24(27(33)37)30(16-18-9-13-20(31)14-10-18)28(38)34(22-6-4-5-21(32)15-22)29(39)35(30)25(23)19-11-7-17(2)8-12-19/h4-15,23-25H,3,16H2,1-2H3/t23-,24-,25-,30-/m1/s1. The largest absolute Gasteiger partial charge is 0.332 e. The van der Waals surface area contributed by atoms with E-state index in [1.807, 2.05) is 31.2 Å². The lowest BCUT2D eigenvalue weighted by Crippen LogP contribution is -2.55. The molecule has 3 aliphatic heterocycles. The SMILES string of the molecule is CCN1C(=O)[C@H]2[C@@H](c3ccc(C)cc3)N3C(=O)N(c4cccc(F)c4)C(=O)[C@@]3(Cc3ccc(Cl)cc3)[C@H]2C1=O. The smallest absolute Gasteiger partial charge is 0.300 e. The molecule has 0 radical (unpaired) electrons. The minimum atomic E-state index is -1.70. The lowest BCUT2D eigenvalue weighted by atomic mass is 9.75. The number of nitrogens with zero attached hydrogens (tertiary/aromatic N) is 3. The van der Waals surface area contributed by atoms with E-state index in [0.29, 0.717) is 16.1 Å². The number of benzene rings is 3. The molecule has 39 heavy (non-hydrogen) atoms. The second-order valence-corrected chi connectivity index (χ2v) is 10.7. The summed E-state index contributed by atoms with van der Waals surface area (Å²) in [5.74, 6) is -4.19. The molecule has 0 spiro atoms. The van der Waals surface area contributed by atoms with E-state index < -0.39 is 53.0 Å². The van der Waals surface area contributed by atoms with Gasteiger partial charge in [-0.1, -0.05) is 59.6 Å². The van der Waals surface area contributed by atoms with Crippen molar-refractivity contribution in [2.24, 2.45) is 11.8 Å². The summed E-state index contributed by atoms with van der Waals surface area (Å²) in [6.07, 6.45) is -0.0132. The average molecular weight is 546 g/mol. The number of likely N-dealkylation sites (tertiary alicyclic amines) is 1. The number of carbonyl (C=O) groups is 4. The molecule has 3 aromatic carbocycles. The molecule has 0 aromatic heterocycles. The van der Waals surface area contributed by atoms with Crippen molar-refractivity contribution in [1.82, 2.24) is 9.80 Å². The van der Waals surface area contributed by atoms with Gasteiger partial charge in [0, 0.05) is 18.0 Å². The average Bonchev–Trinajstić information content (AvgIpc) is 3.43. The number of rotatable bonds is 5. The Labute approximate surface area is 229 Å². The van der Waals surface area contributed by atoms with Crippen LogP contribution in [0.4, 0.5) is 14.9 Å². The van der Waals surface area contributed by atoms with Crippen LogP contribution in [0, 0.1) is 24.6 Å². The van der Waals surface area contributed by atoms with E-state index in [4.69, 9.17) is 11.6 Å². The van der Waals surface area contributed by atoms with E-state index in [2.05, 4.69) is 0 Å². The Kier molecular flexibility index (Phi) is 5.84. The van der Waals surface area contributed by atoms with Gasteiger partial charge >= 0.3 is 6.03 Å². The molecule has 3 heterocycles. The zero-order valence-electron chi connectivity index (χ0n) is 21.3. The van der Waals surface area contributed by atoms with Crippen molar-refractivity contribution in [2.45, 2.75) is 31.8 Å². The molecule has 0 unspecified atom stereocenters. The summed E-state index contributed by atoms with van der Waals surface area (Å²) in [4.78, 5) is 60.0. The van der Waals surface area contributed by atoms with E-state index in [0.717, 1.165) is 16.5 Å². The Morgan fingerprint density at radius 1 is 0.923 bits per heavy atom. The Morgan fingerprint density at radius 2 is 1.62 bits per heavy atom. The van der Waals surface area contributed by atoms with Gasteiger partial charge in [0.05, 0.1) is 23.6 Å². The maximum atomic E-state index is 14.6. The number of aryl methyl sites for hydroxylation is 1. The van der Waals surface area contributed by atoms with Crippen molar-refractivity contribution in [2.75, 3.05) is 11.4 Å². The first-order valence-electron chi connectivity index (χ1n) is 12.8. The van der Waals surface area contributed by atoms with Gasteiger partial charge in [-0.05, 0) is 55.3 Å². The molecule has 0 bridgehead atoms. The highest BCUT2D eigenvalue weighted by atomic mass is 35.5. The molecule has 9 heteroatoms. The number of hydrogen-bond donors (Lipinski definition) is 0. The molecule has 3 aromatic rings. The van der Waals surface area contributed by atoms with Crippen molar-refractivity contribution in [1.29, 1.82) is 0 Å². The monoisotopic (exact) mass is 545 g/mol. The highest BCUT2D eigenvalue weighted by molar-refractivity contribution is 6.30.